The van der Waals surface area contributed by atoms with Crippen LogP contribution in [0.1, 0.15) is 17.5 Å². The summed E-state index contributed by atoms with van der Waals surface area (Å²) in [5.41, 5.74) is 2.43. The predicted molar refractivity (Wildman–Crippen MR) is 97.9 cm³/mol. The van der Waals surface area contributed by atoms with Gasteiger partial charge < -0.3 is 9.47 Å². The number of hydrogen-bond acceptors (Lipinski definition) is 4. The lowest BCUT2D eigenvalue weighted by Crippen LogP contribution is -2.03. The fourth-order valence-corrected chi connectivity index (χ4v) is 2.33. The van der Waals surface area contributed by atoms with Crippen LogP contribution in [0.25, 0.3) is 5.57 Å². The minimum atomic E-state index is -0.301. The van der Waals surface area contributed by atoms with Gasteiger partial charge in [0, 0.05) is 0 Å². The highest BCUT2D eigenvalue weighted by Gasteiger charge is 2.11. The molecule has 4 nitrogen and oxygen atoms in total. The lowest BCUT2D eigenvalue weighted by molar-refractivity contribution is -0.121. The summed E-state index contributed by atoms with van der Waals surface area (Å²) in [6.07, 6.45) is 2.45. The van der Waals surface area contributed by atoms with Gasteiger partial charge in [-0.25, -0.2) is 0 Å². The molecule has 0 aromatic heterocycles. The maximum absolute atomic E-state index is 12.2. The van der Waals surface area contributed by atoms with Crippen molar-refractivity contribution in [3.05, 3.63) is 78.4 Å². The van der Waals surface area contributed by atoms with Crippen LogP contribution in [0, 0.1) is 0 Å². The van der Waals surface area contributed by atoms with Gasteiger partial charge in [-0.15, -0.1) is 0 Å². The molecule has 0 aliphatic heterocycles. The van der Waals surface area contributed by atoms with Crippen LogP contribution in [0.3, 0.4) is 0 Å². The van der Waals surface area contributed by atoms with Gasteiger partial charge in [-0.05, 0) is 53.1 Å². The largest absolute Gasteiger partial charge is 0.497 e. The van der Waals surface area contributed by atoms with E-state index in [-0.39, 0.29) is 18.0 Å². The molecule has 25 heavy (non-hydrogen) atoms. The van der Waals surface area contributed by atoms with E-state index in [1.165, 1.54) is 6.08 Å². The van der Waals surface area contributed by atoms with Crippen molar-refractivity contribution in [2.45, 2.75) is 6.42 Å². The number of methoxy groups -OCH3 is 2. The van der Waals surface area contributed by atoms with Crippen LogP contribution < -0.4 is 9.47 Å². The summed E-state index contributed by atoms with van der Waals surface area (Å²) in [6.45, 7) is 3.40. The number of ether oxygens (including phenoxy) is 2. The molecule has 0 aliphatic carbocycles. The summed E-state index contributed by atoms with van der Waals surface area (Å²) in [6, 6.07) is 14.8. The van der Waals surface area contributed by atoms with Gasteiger partial charge in [-0.3, -0.25) is 9.59 Å². The topological polar surface area (TPSA) is 52.6 Å². The molecule has 0 N–H and O–H groups in total. The Hall–Kier alpha value is -3.14. The van der Waals surface area contributed by atoms with Crippen LogP contribution in [-0.4, -0.2) is 25.8 Å². The van der Waals surface area contributed by atoms with Gasteiger partial charge in [0.05, 0.1) is 20.6 Å². The average molecular weight is 336 g/mol. The fourth-order valence-electron chi connectivity index (χ4n) is 2.33. The van der Waals surface area contributed by atoms with Crippen molar-refractivity contribution in [1.29, 1.82) is 0 Å². The SMILES string of the molecule is C=CC(=O)CC(=O)C=C(c1ccc(OC)cc1)c1ccc(OC)cc1. The normalized spacial score (nSPS) is 9.84. The number of carbonyl (C=O) groups is 2. The molecule has 0 saturated carbocycles. The molecule has 0 radical (unpaired) electrons. The van der Waals surface area contributed by atoms with Gasteiger partial charge in [0.1, 0.15) is 11.5 Å². The Morgan fingerprint density at radius 2 is 1.28 bits per heavy atom. The molecule has 2 aromatic carbocycles. The summed E-state index contributed by atoms with van der Waals surface area (Å²) >= 11 is 0. The second-order valence-corrected chi connectivity index (χ2v) is 5.33. The zero-order valence-electron chi connectivity index (χ0n) is 14.3. The number of allylic oxidation sites excluding steroid dienone is 2. The van der Waals surface area contributed by atoms with Crippen LogP contribution in [-0.2, 0) is 9.59 Å². The maximum atomic E-state index is 12.2. The highest BCUT2D eigenvalue weighted by atomic mass is 16.5. The van der Waals surface area contributed by atoms with Gasteiger partial charge in [0.15, 0.2) is 11.6 Å². The van der Waals surface area contributed by atoms with E-state index in [2.05, 4.69) is 6.58 Å². The molecule has 2 rings (SSSR count). The maximum Gasteiger partial charge on any atom is 0.164 e. The van der Waals surface area contributed by atoms with Crippen LogP contribution >= 0.6 is 0 Å². The molecular weight excluding hydrogens is 316 g/mol. The third-order valence-corrected chi connectivity index (χ3v) is 3.68. The lowest BCUT2D eigenvalue weighted by atomic mass is 9.95. The standard InChI is InChI=1S/C21H20O4/c1-4-17(22)13-18(23)14-21(15-5-9-19(24-2)10-6-15)16-7-11-20(25-3)12-8-16/h4-12,14H,1,13H2,2-3H3. The molecule has 0 atom stereocenters. The van der Waals surface area contributed by atoms with Crippen molar-refractivity contribution >= 4 is 17.1 Å². The second kappa shape index (κ2) is 8.64. The van der Waals surface area contributed by atoms with Gasteiger partial charge in [0.25, 0.3) is 0 Å². The molecule has 2 aromatic rings. The van der Waals surface area contributed by atoms with Crippen LogP contribution in [0.5, 0.6) is 11.5 Å². The summed E-state index contributed by atoms with van der Waals surface area (Å²) < 4.78 is 10.3. The highest BCUT2D eigenvalue weighted by molar-refractivity contribution is 6.11. The molecule has 0 bridgehead atoms. The first-order chi connectivity index (χ1) is 12.1. The van der Waals surface area contributed by atoms with Crippen molar-refractivity contribution in [1.82, 2.24) is 0 Å². The Morgan fingerprint density at radius 3 is 1.64 bits per heavy atom. The summed E-state index contributed by atoms with van der Waals surface area (Å²) in [5.74, 6) is 0.883. The predicted octanol–water partition coefficient (Wildman–Crippen LogP) is 3.85. The van der Waals surface area contributed by atoms with Gasteiger partial charge in [0.2, 0.25) is 0 Å². The summed E-state index contributed by atoms with van der Waals surface area (Å²) in [5, 5.41) is 0. The van der Waals surface area contributed by atoms with Gasteiger partial charge in [-0.2, -0.15) is 0 Å². The van der Waals surface area contributed by atoms with Crippen molar-refractivity contribution < 1.29 is 19.1 Å². The van der Waals surface area contributed by atoms with E-state index in [0.717, 1.165) is 34.3 Å². The fraction of sp³-hybridized carbons (Fsp3) is 0.143. The first kappa shape index (κ1) is 18.2. The third kappa shape index (κ3) is 4.91. The van der Waals surface area contributed by atoms with E-state index in [0.29, 0.717) is 0 Å². The lowest BCUT2D eigenvalue weighted by Gasteiger charge is -2.10. The quantitative estimate of drug-likeness (QED) is 0.543. The number of carbonyl (C=O) groups excluding carboxylic acids is 2. The van der Waals surface area contributed by atoms with Gasteiger partial charge >= 0.3 is 0 Å². The van der Waals surface area contributed by atoms with Crippen molar-refractivity contribution in [2.75, 3.05) is 14.2 Å². The molecule has 0 unspecified atom stereocenters. The molecule has 0 spiro atoms. The number of hydrogen-bond donors (Lipinski definition) is 0. The van der Waals surface area contributed by atoms with E-state index in [1.807, 2.05) is 48.5 Å². The molecular formula is C21H20O4. The van der Waals surface area contributed by atoms with E-state index in [4.69, 9.17) is 9.47 Å². The zero-order chi connectivity index (χ0) is 18.2. The van der Waals surface area contributed by atoms with Crippen LogP contribution in [0.15, 0.2) is 67.3 Å². The first-order valence-corrected chi connectivity index (χ1v) is 7.76. The van der Waals surface area contributed by atoms with Crippen LogP contribution in [0.4, 0.5) is 0 Å². The highest BCUT2D eigenvalue weighted by Crippen LogP contribution is 2.27. The molecule has 4 heteroatoms. The zero-order valence-corrected chi connectivity index (χ0v) is 14.3. The second-order valence-electron chi connectivity index (χ2n) is 5.33. The van der Waals surface area contributed by atoms with Crippen molar-refractivity contribution in [3.63, 3.8) is 0 Å². The number of benzene rings is 2. The molecule has 0 heterocycles. The van der Waals surface area contributed by atoms with E-state index in [9.17, 15) is 9.59 Å². The minimum Gasteiger partial charge on any atom is -0.497 e. The van der Waals surface area contributed by atoms with Gasteiger partial charge in [-0.1, -0.05) is 30.8 Å². The Labute approximate surface area is 147 Å². The van der Waals surface area contributed by atoms with E-state index >= 15 is 0 Å². The minimum absolute atomic E-state index is 0.195. The monoisotopic (exact) mass is 336 g/mol. The van der Waals surface area contributed by atoms with E-state index in [1.54, 1.807) is 14.2 Å². The molecule has 0 saturated heterocycles. The Bertz CT molecular complexity index is 734. The average Bonchev–Trinajstić information content (AvgIpc) is 2.66. The Balaban J connectivity index is 2.43. The Morgan fingerprint density at radius 1 is 0.840 bits per heavy atom. The summed E-state index contributed by atoms with van der Waals surface area (Å²) in [4.78, 5) is 23.7. The third-order valence-electron chi connectivity index (χ3n) is 3.68. The number of rotatable bonds is 8. The first-order valence-electron chi connectivity index (χ1n) is 7.76. The smallest absolute Gasteiger partial charge is 0.164 e. The molecule has 0 amide bonds. The van der Waals surface area contributed by atoms with Crippen molar-refractivity contribution in [2.24, 2.45) is 0 Å². The van der Waals surface area contributed by atoms with Crippen molar-refractivity contribution in [3.8, 4) is 11.5 Å². The molecule has 0 aliphatic rings. The van der Waals surface area contributed by atoms with E-state index < -0.39 is 0 Å². The molecule has 0 fully saturated rings. The van der Waals surface area contributed by atoms with Crippen LogP contribution in [0.2, 0.25) is 0 Å². The number of ketones is 2. The molecule has 128 valence electrons. The summed E-state index contributed by atoms with van der Waals surface area (Å²) in [7, 11) is 3.19. The Kier molecular flexibility index (Phi) is 6.29.